The van der Waals surface area contributed by atoms with Gasteiger partial charge in [0.1, 0.15) is 0 Å². The Morgan fingerprint density at radius 2 is 1.43 bits per heavy atom. The van der Waals surface area contributed by atoms with Crippen LogP contribution >= 0.6 is 11.6 Å². The van der Waals surface area contributed by atoms with E-state index in [2.05, 4.69) is 4.98 Å². The van der Waals surface area contributed by atoms with E-state index in [1.165, 1.54) is 6.07 Å². The second-order valence-electron chi connectivity index (χ2n) is 4.07. The van der Waals surface area contributed by atoms with Crippen molar-refractivity contribution in [1.82, 2.24) is 4.98 Å². The third-order valence-corrected chi connectivity index (χ3v) is 2.93. The number of rotatable bonds is 1. The van der Waals surface area contributed by atoms with E-state index in [1.54, 1.807) is 0 Å². The molecule has 0 aliphatic heterocycles. The van der Waals surface area contributed by atoms with Crippen LogP contribution in [0.25, 0.3) is 11.3 Å². The predicted molar refractivity (Wildman–Crippen MR) is 64.7 cm³/mol. The van der Waals surface area contributed by atoms with Gasteiger partial charge in [-0.25, -0.2) is 4.98 Å². The molecular formula is C13H6ClF6N. The van der Waals surface area contributed by atoms with E-state index >= 15 is 0 Å². The molecule has 1 nitrogen and oxygen atoms in total. The fourth-order valence-corrected chi connectivity index (χ4v) is 1.96. The van der Waals surface area contributed by atoms with Gasteiger partial charge in [-0.1, -0.05) is 29.8 Å². The lowest BCUT2D eigenvalue weighted by Crippen LogP contribution is -2.11. The topological polar surface area (TPSA) is 12.9 Å². The molecule has 0 saturated heterocycles. The standard InChI is InChI=1S/C13H6ClF6N/c14-9-5-6-10(21-11(9)13(18,19)20)7-3-1-2-4-8(7)12(15,16)17/h1-6H. The molecule has 0 radical (unpaired) electrons. The van der Waals surface area contributed by atoms with Gasteiger partial charge in [-0.3, -0.25) is 0 Å². The van der Waals surface area contributed by atoms with Crippen LogP contribution in [0.4, 0.5) is 26.3 Å². The number of hydrogen-bond acceptors (Lipinski definition) is 1. The average Bonchev–Trinajstić information content (AvgIpc) is 2.37. The van der Waals surface area contributed by atoms with Gasteiger partial charge in [-0.05, 0) is 18.2 Å². The Hall–Kier alpha value is -1.76. The first-order valence-corrected chi connectivity index (χ1v) is 5.89. The zero-order chi connectivity index (χ0) is 15.8. The first-order valence-electron chi connectivity index (χ1n) is 5.51. The highest BCUT2D eigenvalue weighted by Gasteiger charge is 2.37. The molecule has 0 aliphatic rings. The largest absolute Gasteiger partial charge is 0.434 e. The highest BCUT2D eigenvalue weighted by atomic mass is 35.5. The Bertz CT molecular complexity index is 662. The third-order valence-electron chi connectivity index (χ3n) is 2.62. The second kappa shape index (κ2) is 5.22. The summed E-state index contributed by atoms with van der Waals surface area (Å²) in [6.45, 7) is 0. The van der Waals surface area contributed by atoms with Gasteiger partial charge in [0.15, 0.2) is 5.69 Å². The first-order chi connectivity index (χ1) is 9.60. The third kappa shape index (κ3) is 3.29. The van der Waals surface area contributed by atoms with Crippen LogP contribution in [-0.4, -0.2) is 4.98 Å². The van der Waals surface area contributed by atoms with Crippen LogP contribution in [0.2, 0.25) is 5.02 Å². The fraction of sp³-hybridized carbons (Fsp3) is 0.154. The van der Waals surface area contributed by atoms with E-state index in [4.69, 9.17) is 11.6 Å². The Balaban J connectivity index is 2.64. The van der Waals surface area contributed by atoms with E-state index in [9.17, 15) is 26.3 Å². The van der Waals surface area contributed by atoms with Gasteiger partial charge in [-0.15, -0.1) is 0 Å². The van der Waals surface area contributed by atoms with Crippen LogP contribution in [0.5, 0.6) is 0 Å². The van der Waals surface area contributed by atoms with Crippen molar-refractivity contribution in [3.05, 3.63) is 52.7 Å². The lowest BCUT2D eigenvalue weighted by molar-refractivity contribution is -0.141. The quantitative estimate of drug-likeness (QED) is 0.636. The molecule has 0 spiro atoms. The number of benzene rings is 1. The average molecular weight is 326 g/mol. The minimum atomic E-state index is -4.85. The van der Waals surface area contributed by atoms with Crippen molar-refractivity contribution in [2.45, 2.75) is 12.4 Å². The maximum Gasteiger partial charge on any atom is 0.434 e. The normalized spacial score (nSPS) is 12.5. The maximum absolute atomic E-state index is 12.9. The molecule has 0 atom stereocenters. The van der Waals surface area contributed by atoms with E-state index in [0.717, 1.165) is 30.3 Å². The van der Waals surface area contributed by atoms with Crippen LogP contribution in [0.1, 0.15) is 11.3 Å². The van der Waals surface area contributed by atoms with Crippen molar-refractivity contribution < 1.29 is 26.3 Å². The lowest BCUT2D eigenvalue weighted by atomic mass is 10.0. The number of hydrogen-bond donors (Lipinski definition) is 0. The number of aromatic nitrogens is 1. The molecule has 0 saturated carbocycles. The maximum atomic E-state index is 12.9. The van der Waals surface area contributed by atoms with Crippen molar-refractivity contribution in [1.29, 1.82) is 0 Å². The summed E-state index contributed by atoms with van der Waals surface area (Å²) in [5.41, 5.74) is -3.36. The molecule has 112 valence electrons. The van der Waals surface area contributed by atoms with E-state index in [0.29, 0.717) is 0 Å². The lowest BCUT2D eigenvalue weighted by Gasteiger charge is -2.14. The summed E-state index contributed by atoms with van der Waals surface area (Å²) in [6.07, 6.45) is -9.55. The SMILES string of the molecule is FC(F)(F)c1ccccc1-c1ccc(Cl)c(C(F)(F)F)n1. The summed E-state index contributed by atoms with van der Waals surface area (Å²) in [4.78, 5) is 3.23. The Labute approximate surface area is 120 Å². The second-order valence-corrected chi connectivity index (χ2v) is 4.48. The molecule has 2 rings (SSSR count). The van der Waals surface area contributed by atoms with Crippen LogP contribution < -0.4 is 0 Å². The van der Waals surface area contributed by atoms with Crippen LogP contribution in [-0.2, 0) is 12.4 Å². The van der Waals surface area contributed by atoms with Gasteiger partial charge >= 0.3 is 12.4 Å². The van der Waals surface area contributed by atoms with Crippen molar-refractivity contribution in [3.63, 3.8) is 0 Å². The molecule has 1 aromatic heterocycles. The molecule has 1 aromatic carbocycles. The molecule has 0 fully saturated rings. The molecule has 21 heavy (non-hydrogen) atoms. The summed E-state index contributed by atoms with van der Waals surface area (Å²) < 4.78 is 76.7. The summed E-state index contributed by atoms with van der Waals surface area (Å²) >= 11 is 5.39. The van der Waals surface area contributed by atoms with Crippen LogP contribution in [0.3, 0.4) is 0 Å². The van der Waals surface area contributed by atoms with Crippen LogP contribution in [0.15, 0.2) is 36.4 Å². The van der Waals surface area contributed by atoms with Crippen molar-refractivity contribution in [2.75, 3.05) is 0 Å². The monoisotopic (exact) mass is 325 g/mol. The summed E-state index contributed by atoms with van der Waals surface area (Å²) in [6, 6.07) is 6.15. The molecule has 0 N–H and O–H groups in total. The van der Waals surface area contributed by atoms with E-state index < -0.39 is 39.9 Å². The number of pyridine rings is 1. The Kier molecular flexibility index (Phi) is 3.88. The van der Waals surface area contributed by atoms with E-state index in [1.807, 2.05) is 0 Å². The van der Waals surface area contributed by atoms with Crippen molar-refractivity contribution >= 4 is 11.6 Å². The zero-order valence-corrected chi connectivity index (χ0v) is 10.8. The smallest absolute Gasteiger partial charge is 0.242 e. The summed E-state index contributed by atoms with van der Waals surface area (Å²) in [7, 11) is 0. The minimum Gasteiger partial charge on any atom is -0.242 e. The molecule has 0 bridgehead atoms. The molecule has 2 aromatic rings. The molecule has 0 unspecified atom stereocenters. The highest BCUT2D eigenvalue weighted by Crippen LogP contribution is 2.39. The van der Waals surface area contributed by atoms with Gasteiger partial charge in [0.05, 0.1) is 16.3 Å². The van der Waals surface area contributed by atoms with Gasteiger partial charge in [0, 0.05) is 5.56 Å². The van der Waals surface area contributed by atoms with Gasteiger partial charge in [-0.2, -0.15) is 26.3 Å². The van der Waals surface area contributed by atoms with Gasteiger partial charge < -0.3 is 0 Å². The van der Waals surface area contributed by atoms with E-state index in [-0.39, 0.29) is 0 Å². The Morgan fingerprint density at radius 1 is 0.810 bits per heavy atom. The van der Waals surface area contributed by atoms with Gasteiger partial charge in [0.25, 0.3) is 0 Å². The first kappa shape index (κ1) is 15.6. The molecule has 8 heteroatoms. The molecular weight excluding hydrogens is 320 g/mol. The summed E-state index contributed by atoms with van der Waals surface area (Å²) in [5, 5.41) is -0.671. The van der Waals surface area contributed by atoms with Crippen molar-refractivity contribution in [3.8, 4) is 11.3 Å². The molecule has 0 amide bonds. The summed E-state index contributed by atoms with van der Waals surface area (Å²) in [5.74, 6) is 0. The number of nitrogens with zero attached hydrogens (tertiary/aromatic N) is 1. The van der Waals surface area contributed by atoms with Crippen LogP contribution in [0, 0.1) is 0 Å². The fourth-order valence-electron chi connectivity index (χ4n) is 1.74. The van der Waals surface area contributed by atoms with Crippen molar-refractivity contribution in [2.24, 2.45) is 0 Å². The zero-order valence-electron chi connectivity index (χ0n) is 10.1. The number of alkyl halides is 6. The van der Waals surface area contributed by atoms with Gasteiger partial charge in [0.2, 0.25) is 0 Å². The molecule has 1 heterocycles. The highest BCUT2D eigenvalue weighted by molar-refractivity contribution is 6.31. The predicted octanol–water partition coefficient (Wildman–Crippen LogP) is 5.44. The molecule has 0 aliphatic carbocycles. The minimum absolute atomic E-state index is 0.438. The number of halogens is 7. The Morgan fingerprint density at radius 3 is 2.00 bits per heavy atom.